The zero-order chi connectivity index (χ0) is 45.0. The van der Waals surface area contributed by atoms with Gasteiger partial charge in [0.2, 0.25) is 0 Å². The first kappa shape index (κ1) is 45.2. The van der Waals surface area contributed by atoms with Crippen molar-refractivity contribution < 1.29 is 51.4 Å². The molecule has 2 aliphatic heterocycles. The summed E-state index contributed by atoms with van der Waals surface area (Å²) >= 11 is 3.04. The second kappa shape index (κ2) is 19.4. The molecule has 8 rings (SSSR count). The SMILES string of the molecule is COc1ccc(C(OCC2OC(n3cnc4c(N)ncnc43)CC2OP(=[Se])(OC)OCC2OC([n+]3c[nH]c(=O)c(C)c3)CC2OC(C)=O)(c2ccccc2)c2ccc(OC)cc2)cc1. The van der Waals surface area contributed by atoms with Gasteiger partial charge in [0.25, 0.3) is 0 Å². The Bertz CT molecular complexity index is 2620. The average molecular weight is 962 g/mol. The summed E-state index contributed by atoms with van der Waals surface area (Å²) in [5.74, 6) is 1.14. The van der Waals surface area contributed by atoms with E-state index in [2.05, 4.69) is 35.0 Å². The molecule has 0 radical (unpaired) electrons. The molecule has 7 unspecified atom stereocenters. The van der Waals surface area contributed by atoms with E-state index in [9.17, 15) is 9.59 Å². The van der Waals surface area contributed by atoms with E-state index in [0.29, 0.717) is 41.1 Å². The van der Waals surface area contributed by atoms with Crippen LogP contribution in [-0.4, -0.2) is 105 Å². The number of hydrogen-bond donors (Lipinski definition) is 2. The standard InChI is InChI=1S/C44H48N7O11PSe/c1-27-21-50(25-49-43(27)53)38-19-34(59-28(2)52)37(60-38)23-58-63(64,56-5)62-35-20-39(51-26-48-40-41(45)46-24-47-42(40)51)61-36(35)22-57-44(29-9-7-6-8-10-29,30-11-15-32(54-3)16-12-30)31-13-17-33(55-4)18-14-31/h6-18,21,24-26,34-39H,19-20,22-23H2,1-5H3,(H2,45,46,47)/p+1. The predicted molar refractivity (Wildman–Crippen MR) is 233 cm³/mol. The number of carbonyl (C=O) groups excluding carboxylic acids is 1. The summed E-state index contributed by atoms with van der Waals surface area (Å²) in [5, 5.41) is 0. The summed E-state index contributed by atoms with van der Waals surface area (Å²) in [7, 11) is 4.74. The van der Waals surface area contributed by atoms with Gasteiger partial charge in [0.15, 0.2) is 0 Å². The van der Waals surface area contributed by atoms with E-state index < -0.39 is 54.6 Å². The zero-order valence-electron chi connectivity index (χ0n) is 35.8. The Labute approximate surface area is 376 Å². The van der Waals surface area contributed by atoms with E-state index in [1.54, 1.807) is 42.8 Å². The number of carbonyl (C=O) groups is 1. The van der Waals surface area contributed by atoms with Crippen LogP contribution in [0.1, 0.15) is 54.5 Å². The fourth-order valence-electron chi connectivity index (χ4n) is 8.06. The first-order valence-corrected chi connectivity index (χ1v) is 24.2. The number of nitrogens with zero attached hydrogens (tertiary/aromatic N) is 5. The summed E-state index contributed by atoms with van der Waals surface area (Å²) in [5.41, 5.74) is 8.76. The molecular weight excluding hydrogens is 912 g/mol. The Hall–Kier alpha value is -5.33. The van der Waals surface area contributed by atoms with Crippen LogP contribution >= 0.6 is 6.19 Å². The minimum atomic E-state index is -3.31. The number of fused-ring (bicyclic) bond motifs is 1. The van der Waals surface area contributed by atoms with Gasteiger partial charge in [-0.2, -0.15) is 0 Å². The first-order chi connectivity index (χ1) is 30.9. The van der Waals surface area contributed by atoms with Gasteiger partial charge in [0.05, 0.1) is 14.2 Å². The van der Waals surface area contributed by atoms with Crippen molar-refractivity contribution in [3.63, 3.8) is 0 Å². The molecule has 336 valence electrons. The molecule has 2 aliphatic rings. The summed E-state index contributed by atoms with van der Waals surface area (Å²) in [6, 6.07) is 25.5. The summed E-state index contributed by atoms with van der Waals surface area (Å²) < 4.78 is 60.2. The summed E-state index contributed by atoms with van der Waals surface area (Å²) in [6.07, 6.45) is -0.504. The number of aromatic amines is 1. The molecule has 0 spiro atoms. The van der Waals surface area contributed by atoms with Gasteiger partial charge in [-0.05, 0) is 0 Å². The molecule has 0 aliphatic carbocycles. The van der Waals surface area contributed by atoms with E-state index in [0.717, 1.165) is 16.7 Å². The second-order valence-corrected chi connectivity index (χ2v) is 19.8. The van der Waals surface area contributed by atoms with E-state index in [4.69, 9.17) is 47.7 Å². The number of nitrogen functional groups attached to an aromatic ring is 1. The monoisotopic (exact) mass is 962 g/mol. The number of methoxy groups -OCH3 is 2. The quantitative estimate of drug-likeness (QED) is 0.0413. The molecule has 6 aromatic rings. The van der Waals surface area contributed by atoms with Crippen LogP contribution in [0.15, 0.2) is 109 Å². The van der Waals surface area contributed by atoms with E-state index in [-0.39, 0.29) is 24.6 Å². The van der Waals surface area contributed by atoms with Crippen molar-refractivity contribution in [3.05, 3.63) is 137 Å². The number of ether oxygens (including phenoxy) is 6. The molecule has 7 atom stereocenters. The van der Waals surface area contributed by atoms with Gasteiger partial charge in [-0.1, -0.05) is 0 Å². The number of nitrogens with two attached hydrogens (primary N) is 1. The zero-order valence-corrected chi connectivity index (χ0v) is 38.4. The third kappa shape index (κ3) is 9.40. The van der Waals surface area contributed by atoms with E-state index >= 15 is 0 Å². The molecule has 18 nitrogen and oxygen atoms in total. The normalized spacial score (nSPS) is 22.0. The molecule has 3 aromatic heterocycles. The number of imidazole rings is 1. The van der Waals surface area contributed by atoms with Crippen LogP contribution in [0.2, 0.25) is 0 Å². The van der Waals surface area contributed by atoms with Crippen molar-refractivity contribution in [1.29, 1.82) is 0 Å². The van der Waals surface area contributed by atoms with Crippen molar-refractivity contribution in [1.82, 2.24) is 24.5 Å². The van der Waals surface area contributed by atoms with Crippen LogP contribution in [0.4, 0.5) is 5.82 Å². The summed E-state index contributed by atoms with van der Waals surface area (Å²) in [4.78, 5) is 40.1. The molecule has 64 heavy (non-hydrogen) atoms. The maximum absolute atomic E-state index is 12.2. The number of esters is 1. The van der Waals surface area contributed by atoms with Crippen LogP contribution in [0, 0.1) is 6.92 Å². The fourth-order valence-corrected chi connectivity index (χ4v) is 10.3. The third-order valence-corrected chi connectivity index (χ3v) is 14.9. The van der Waals surface area contributed by atoms with Crippen LogP contribution in [0.25, 0.3) is 11.2 Å². The number of aryl methyl sites for hydroxylation is 1. The number of anilines is 1. The van der Waals surface area contributed by atoms with Gasteiger partial charge in [-0.3, -0.25) is 0 Å². The van der Waals surface area contributed by atoms with E-state index in [1.807, 2.05) is 78.9 Å². The minimum absolute atomic E-state index is 0.0132. The van der Waals surface area contributed by atoms with Gasteiger partial charge in [-0.25, -0.2) is 0 Å². The van der Waals surface area contributed by atoms with Gasteiger partial charge >= 0.3 is 363 Å². The number of rotatable bonds is 17. The molecule has 3 N–H and O–H groups in total. The first-order valence-electron chi connectivity index (χ1n) is 20.4. The van der Waals surface area contributed by atoms with Crippen molar-refractivity contribution in [2.24, 2.45) is 0 Å². The molecule has 20 heteroatoms. The van der Waals surface area contributed by atoms with E-state index in [1.165, 1.54) is 26.7 Å². The van der Waals surface area contributed by atoms with Crippen molar-refractivity contribution in [2.45, 2.75) is 69.2 Å². The van der Waals surface area contributed by atoms with Gasteiger partial charge in [0, 0.05) is 0 Å². The number of benzene rings is 3. The van der Waals surface area contributed by atoms with Crippen molar-refractivity contribution in [3.8, 4) is 11.5 Å². The second-order valence-electron chi connectivity index (χ2n) is 15.2. The van der Waals surface area contributed by atoms with Gasteiger partial charge < -0.3 is 0 Å². The van der Waals surface area contributed by atoms with Crippen LogP contribution in [0.5, 0.6) is 11.5 Å². The molecule has 5 heterocycles. The predicted octanol–water partition coefficient (Wildman–Crippen LogP) is 4.82. The molecule has 0 amide bonds. The van der Waals surface area contributed by atoms with Crippen LogP contribution in [0.3, 0.4) is 0 Å². The molecule has 3 aromatic carbocycles. The third-order valence-electron chi connectivity index (χ3n) is 11.3. The molecular formula is C44H49N7O11PSe+. The molecule has 2 saturated heterocycles. The average Bonchev–Trinajstić information content (AvgIpc) is 4.05. The van der Waals surface area contributed by atoms with Crippen molar-refractivity contribution in [2.75, 3.05) is 40.3 Å². The Morgan fingerprint density at radius 2 is 1.56 bits per heavy atom. The van der Waals surface area contributed by atoms with Crippen LogP contribution < -0.4 is 25.3 Å². The number of H-pyrrole nitrogens is 1. The van der Waals surface area contributed by atoms with Gasteiger partial charge in [-0.15, -0.1) is 0 Å². The molecule has 0 saturated carbocycles. The maximum atomic E-state index is 12.2. The Balaban J connectivity index is 1.12. The number of hydrogen-bond acceptors (Lipinski definition) is 15. The molecule has 0 bridgehead atoms. The Morgan fingerprint density at radius 3 is 2.19 bits per heavy atom. The Kier molecular flexibility index (Phi) is 13.7. The summed E-state index contributed by atoms with van der Waals surface area (Å²) in [6.45, 7) is 2.98. The van der Waals surface area contributed by atoms with Crippen LogP contribution in [-0.2, 0) is 42.9 Å². The van der Waals surface area contributed by atoms with Gasteiger partial charge in [0.1, 0.15) is 0 Å². The topological polar surface area (TPSA) is 206 Å². The van der Waals surface area contributed by atoms with Crippen molar-refractivity contribution >= 4 is 44.2 Å². The number of aromatic nitrogens is 6. The Morgan fingerprint density at radius 1 is 0.906 bits per heavy atom. The molecule has 2 fully saturated rings. The number of nitrogens with one attached hydrogen (secondary N) is 1. The fraction of sp³-hybridized carbons (Fsp3) is 0.364.